The minimum atomic E-state index is -3.56. The maximum atomic E-state index is 12.6. The molecule has 7 nitrogen and oxygen atoms in total. The van der Waals surface area contributed by atoms with Crippen LogP contribution in [0.3, 0.4) is 0 Å². The molecule has 0 aliphatic carbocycles. The van der Waals surface area contributed by atoms with Crippen molar-refractivity contribution in [1.29, 1.82) is 0 Å². The van der Waals surface area contributed by atoms with Gasteiger partial charge in [0.05, 0.1) is 18.6 Å². The summed E-state index contributed by atoms with van der Waals surface area (Å²) in [5, 5.41) is 0.0809. The topological polar surface area (TPSA) is 77.3 Å². The van der Waals surface area contributed by atoms with E-state index in [1.165, 1.54) is 16.8 Å². The van der Waals surface area contributed by atoms with E-state index in [-0.39, 0.29) is 5.03 Å². The summed E-state index contributed by atoms with van der Waals surface area (Å²) in [4.78, 5) is 8.39. The molecule has 0 radical (unpaired) electrons. The lowest BCUT2D eigenvalue weighted by atomic mass is 10.1. The van der Waals surface area contributed by atoms with Gasteiger partial charge < -0.3 is 9.30 Å². The van der Waals surface area contributed by atoms with Crippen LogP contribution >= 0.6 is 0 Å². The molecule has 3 heterocycles. The van der Waals surface area contributed by atoms with Crippen molar-refractivity contribution in [3.63, 3.8) is 0 Å². The van der Waals surface area contributed by atoms with Crippen LogP contribution in [0.2, 0.25) is 0 Å². The second-order valence-corrected chi connectivity index (χ2v) is 7.04. The molecule has 2 aromatic rings. The predicted octanol–water partition coefficient (Wildman–Crippen LogP) is 0.961. The smallest absolute Gasteiger partial charge is 0.262 e. The number of imidazole rings is 1. The van der Waals surface area contributed by atoms with Crippen LogP contribution < -0.4 is 4.74 Å². The van der Waals surface area contributed by atoms with E-state index in [0.29, 0.717) is 32.0 Å². The summed E-state index contributed by atoms with van der Waals surface area (Å²) < 4.78 is 33.6. The van der Waals surface area contributed by atoms with E-state index in [1.807, 2.05) is 13.0 Å². The van der Waals surface area contributed by atoms with Gasteiger partial charge in [0, 0.05) is 38.8 Å². The summed E-state index contributed by atoms with van der Waals surface area (Å²) in [6.07, 6.45) is 3.57. The molecule has 0 atom stereocenters. The number of nitrogens with zero attached hydrogens (tertiary/aromatic N) is 4. The summed E-state index contributed by atoms with van der Waals surface area (Å²) in [5.74, 6) is 0.585. The monoisotopic (exact) mass is 322 g/mol. The molecule has 1 aliphatic heterocycles. The molecular weight excluding hydrogens is 304 g/mol. The minimum absolute atomic E-state index is 0.0809. The first-order chi connectivity index (χ1) is 10.5. The van der Waals surface area contributed by atoms with Gasteiger partial charge in [0.25, 0.3) is 10.0 Å². The number of aromatic nitrogens is 3. The van der Waals surface area contributed by atoms with E-state index in [0.717, 1.165) is 11.3 Å². The van der Waals surface area contributed by atoms with Gasteiger partial charge >= 0.3 is 0 Å². The molecule has 0 unspecified atom stereocenters. The van der Waals surface area contributed by atoms with Crippen molar-refractivity contribution in [3.05, 3.63) is 35.9 Å². The zero-order valence-electron chi connectivity index (χ0n) is 12.6. The van der Waals surface area contributed by atoms with Crippen LogP contribution in [0.4, 0.5) is 0 Å². The van der Waals surface area contributed by atoms with Crippen molar-refractivity contribution >= 4 is 10.0 Å². The highest BCUT2D eigenvalue weighted by Gasteiger charge is 2.30. The molecule has 118 valence electrons. The lowest BCUT2D eigenvalue weighted by Crippen LogP contribution is -2.36. The first-order valence-corrected chi connectivity index (χ1v) is 8.54. The summed E-state index contributed by atoms with van der Waals surface area (Å²) in [5.41, 5.74) is 1.81. The number of aryl methyl sites for hydroxylation is 1. The zero-order chi connectivity index (χ0) is 15.7. The van der Waals surface area contributed by atoms with Crippen molar-refractivity contribution in [2.45, 2.75) is 24.9 Å². The molecule has 0 spiro atoms. The highest BCUT2D eigenvalue weighted by molar-refractivity contribution is 7.89. The SMILES string of the molecule is CCOc1ccc2c(n1)CCN(S(=O)(=O)c1cn(C)cn1)C2. The van der Waals surface area contributed by atoms with Crippen LogP contribution in [0.25, 0.3) is 0 Å². The predicted molar refractivity (Wildman–Crippen MR) is 79.9 cm³/mol. The Morgan fingerprint density at radius 2 is 2.18 bits per heavy atom. The molecule has 0 N–H and O–H groups in total. The van der Waals surface area contributed by atoms with Crippen LogP contribution in [-0.2, 0) is 30.0 Å². The van der Waals surface area contributed by atoms with E-state index in [2.05, 4.69) is 9.97 Å². The normalized spacial score (nSPS) is 15.5. The maximum absolute atomic E-state index is 12.6. The second kappa shape index (κ2) is 5.69. The van der Waals surface area contributed by atoms with Gasteiger partial charge in [-0.25, -0.2) is 18.4 Å². The first kappa shape index (κ1) is 15.0. The van der Waals surface area contributed by atoms with E-state index in [9.17, 15) is 8.42 Å². The van der Waals surface area contributed by atoms with Crippen molar-refractivity contribution in [3.8, 4) is 5.88 Å². The number of ether oxygens (including phenoxy) is 1. The molecule has 8 heteroatoms. The standard InChI is InChI=1S/C14H18N4O3S/c1-3-21-13-5-4-11-8-18(7-6-12(11)16-13)22(19,20)14-9-17(2)10-15-14/h4-5,9-10H,3,6-8H2,1-2H3. The van der Waals surface area contributed by atoms with Crippen molar-refractivity contribution in [1.82, 2.24) is 18.8 Å². The Hall–Kier alpha value is -1.93. The van der Waals surface area contributed by atoms with Crippen LogP contribution in [0.15, 0.2) is 29.7 Å². The van der Waals surface area contributed by atoms with Gasteiger partial charge in [0.1, 0.15) is 0 Å². The molecule has 0 saturated carbocycles. The zero-order valence-corrected chi connectivity index (χ0v) is 13.4. The lowest BCUT2D eigenvalue weighted by molar-refractivity contribution is 0.322. The van der Waals surface area contributed by atoms with E-state index >= 15 is 0 Å². The number of fused-ring (bicyclic) bond motifs is 1. The van der Waals surface area contributed by atoms with Crippen LogP contribution in [0, 0.1) is 0 Å². The molecule has 0 aromatic carbocycles. The van der Waals surface area contributed by atoms with Gasteiger partial charge in [-0.2, -0.15) is 4.31 Å². The van der Waals surface area contributed by atoms with Crippen molar-refractivity contribution in [2.24, 2.45) is 7.05 Å². The van der Waals surface area contributed by atoms with Gasteiger partial charge in [-0.3, -0.25) is 0 Å². The average molecular weight is 322 g/mol. The summed E-state index contributed by atoms with van der Waals surface area (Å²) in [7, 11) is -1.82. The first-order valence-electron chi connectivity index (χ1n) is 7.10. The van der Waals surface area contributed by atoms with E-state index in [4.69, 9.17) is 4.74 Å². The maximum Gasteiger partial charge on any atom is 0.262 e. The molecule has 2 aromatic heterocycles. The third kappa shape index (κ3) is 2.71. The number of rotatable bonds is 4. The fraction of sp³-hybridized carbons (Fsp3) is 0.429. The molecule has 1 aliphatic rings. The third-order valence-electron chi connectivity index (χ3n) is 3.57. The summed E-state index contributed by atoms with van der Waals surface area (Å²) in [6.45, 7) is 3.18. The highest BCUT2D eigenvalue weighted by Crippen LogP contribution is 2.24. The van der Waals surface area contributed by atoms with Crippen molar-refractivity contribution < 1.29 is 13.2 Å². The lowest BCUT2D eigenvalue weighted by Gasteiger charge is -2.26. The molecule has 0 saturated heterocycles. The summed E-state index contributed by atoms with van der Waals surface area (Å²) in [6, 6.07) is 3.66. The molecule has 0 bridgehead atoms. The summed E-state index contributed by atoms with van der Waals surface area (Å²) >= 11 is 0. The Balaban J connectivity index is 1.85. The van der Waals surface area contributed by atoms with Crippen LogP contribution in [0.1, 0.15) is 18.2 Å². The van der Waals surface area contributed by atoms with Crippen LogP contribution in [0.5, 0.6) is 5.88 Å². The van der Waals surface area contributed by atoms with Crippen LogP contribution in [-0.4, -0.2) is 40.4 Å². The quantitative estimate of drug-likeness (QED) is 0.838. The molecule has 22 heavy (non-hydrogen) atoms. The number of hydrogen-bond acceptors (Lipinski definition) is 5. The molecular formula is C14H18N4O3S. The average Bonchev–Trinajstić information content (AvgIpc) is 2.94. The Labute approximate surface area is 129 Å². The van der Waals surface area contributed by atoms with E-state index in [1.54, 1.807) is 17.7 Å². The van der Waals surface area contributed by atoms with E-state index < -0.39 is 10.0 Å². The molecule has 3 rings (SSSR count). The number of hydrogen-bond donors (Lipinski definition) is 0. The fourth-order valence-corrected chi connectivity index (χ4v) is 3.84. The Kier molecular flexibility index (Phi) is 3.88. The number of sulfonamides is 1. The third-order valence-corrected chi connectivity index (χ3v) is 5.30. The fourth-order valence-electron chi connectivity index (χ4n) is 2.46. The van der Waals surface area contributed by atoms with Gasteiger partial charge in [-0.05, 0) is 12.5 Å². The Morgan fingerprint density at radius 3 is 2.86 bits per heavy atom. The minimum Gasteiger partial charge on any atom is -0.478 e. The van der Waals surface area contributed by atoms with Gasteiger partial charge in [0.2, 0.25) is 5.88 Å². The van der Waals surface area contributed by atoms with Gasteiger partial charge in [-0.15, -0.1) is 0 Å². The largest absolute Gasteiger partial charge is 0.478 e. The molecule has 0 amide bonds. The Bertz CT molecular complexity index is 785. The second-order valence-electron chi connectivity index (χ2n) is 5.15. The van der Waals surface area contributed by atoms with Gasteiger partial charge in [-0.1, -0.05) is 6.07 Å². The molecule has 0 fully saturated rings. The van der Waals surface area contributed by atoms with Crippen molar-refractivity contribution in [2.75, 3.05) is 13.2 Å². The highest BCUT2D eigenvalue weighted by atomic mass is 32.2. The Morgan fingerprint density at radius 1 is 1.36 bits per heavy atom. The van der Waals surface area contributed by atoms with Gasteiger partial charge in [0.15, 0.2) is 5.03 Å². The number of pyridine rings is 1.